The molecule has 0 amide bonds. The minimum atomic E-state index is -0.130. The Hall–Kier alpha value is -0.0800. The molecule has 0 heterocycles. The van der Waals surface area contributed by atoms with Gasteiger partial charge < -0.3 is 9.84 Å². The van der Waals surface area contributed by atoms with Gasteiger partial charge in [0.15, 0.2) is 0 Å². The van der Waals surface area contributed by atoms with Crippen molar-refractivity contribution in [3.05, 3.63) is 0 Å². The van der Waals surface area contributed by atoms with Crippen molar-refractivity contribution in [2.24, 2.45) is 11.8 Å². The molecule has 2 heteroatoms. The van der Waals surface area contributed by atoms with E-state index in [0.717, 1.165) is 32.0 Å². The van der Waals surface area contributed by atoms with E-state index >= 15 is 0 Å². The van der Waals surface area contributed by atoms with E-state index < -0.39 is 0 Å². The van der Waals surface area contributed by atoms with Gasteiger partial charge in [0, 0.05) is 13.2 Å². The Bertz CT molecular complexity index is 162. The molecule has 1 aliphatic rings. The fourth-order valence-corrected chi connectivity index (χ4v) is 2.46. The Labute approximate surface area is 100 Å². The Morgan fingerprint density at radius 3 is 2.50 bits per heavy atom. The first-order valence-corrected chi connectivity index (χ1v) is 6.99. The van der Waals surface area contributed by atoms with Gasteiger partial charge >= 0.3 is 0 Å². The Morgan fingerprint density at radius 1 is 1.19 bits per heavy atom. The minimum absolute atomic E-state index is 0.130. The van der Waals surface area contributed by atoms with Crippen molar-refractivity contribution in [1.29, 1.82) is 0 Å². The van der Waals surface area contributed by atoms with Gasteiger partial charge in [-0.3, -0.25) is 0 Å². The molecule has 0 spiro atoms. The van der Waals surface area contributed by atoms with E-state index in [-0.39, 0.29) is 6.10 Å². The zero-order chi connectivity index (χ0) is 11.8. The van der Waals surface area contributed by atoms with Crippen LogP contribution in [0.3, 0.4) is 0 Å². The third kappa shape index (κ3) is 5.31. The lowest BCUT2D eigenvalue weighted by molar-refractivity contribution is 0.0336. The SMILES string of the molecule is CCCCOCCC(O)C1CCC(C)CC1. The van der Waals surface area contributed by atoms with E-state index in [1.165, 1.54) is 32.1 Å². The molecule has 1 atom stereocenters. The molecule has 0 aromatic heterocycles. The van der Waals surface area contributed by atoms with E-state index in [9.17, 15) is 5.11 Å². The first-order valence-electron chi connectivity index (χ1n) is 6.99. The summed E-state index contributed by atoms with van der Waals surface area (Å²) in [5.41, 5.74) is 0. The number of hydrogen-bond acceptors (Lipinski definition) is 2. The van der Waals surface area contributed by atoms with Crippen LogP contribution in [-0.4, -0.2) is 24.4 Å². The van der Waals surface area contributed by atoms with Crippen LogP contribution in [0.25, 0.3) is 0 Å². The summed E-state index contributed by atoms with van der Waals surface area (Å²) >= 11 is 0. The molecule has 16 heavy (non-hydrogen) atoms. The number of ether oxygens (including phenoxy) is 1. The van der Waals surface area contributed by atoms with Gasteiger partial charge in [-0.2, -0.15) is 0 Å². The summed E-state index contributed by atoms with van der Waals surface area (Å²) in [6.07, 6.45) is 8.00. The Balaban J connectivity index is 2.03. The average Bonchev–Trinajstić information content (AvgIpc) is 2.29. The van der Waals surface area contributed by atoms with Crippen LogP contribution in [0.5, 0.6) is 0 Å². The van der Waals surface area contributed by atoms with Crippen LogP contribution < -0.4 is 0 Å². The topological polar surface area (TPSA) is 29.5 Å². The van der Waals surface area contributed by atoms with Crippen LogP contribution in [0.2, 0.25) is 0 Å². The Morgan fingerprint density at radius 2 is 1.88 bits per heavy atom. The normalized spacial score (nSPS) is 27.9. The van der Waals surface area contributed by atoms with Gasteiger partial charge in [0.05, 0.1) is 6.10 Å². The molecule has 1 fully saturated rings. The summed E-state index contributed by atoms with van der Waals surface area (Å²) < 4.78 is 5.50. The largest absolute Gasteiger partial charge is 0.393 e. The van der Waals surface area contributed by atoms with E-state index in [1.54, 1.807) is 0 Å². The second-order valence-electron chi connectivity index (χ2n) is 5.34. The monoisotopic (exact) mass is 228 g/mol. The van der Waals surface area contributed by atoms with Gasteiger partial charge in [-0.25, -0.2) is 0 Å². The minimum Gasteiger partial charge on any atom is -0.393 e. The van der Waals surface area contributed by atoms with Crippen molar-refractivity contribution in [3.63, 3.8) is 0 Å². The molecule has 0 saturated heterocycles. The third-order valence-electron chi connectivity index (χ3n) is 3.80. The van der Waals surface area contributed by atoms with Crippen molar-refractivity contribution < 1.29 is 9.84 Å². The molecule has 1 aliphatic carbocycles. The number of aliphatic hydroxyl groups is 1. The van der Waals surface area contributed by atoms with Gasteiger partial charge in [0.1, 0.15) is 0 Å². The van der Waals surface area contributed by atoms with Crippen LogP contribution in [0.1, 0.15) is 58.8 Å². The van der Waals surface area contributed by atoms with E-state index in [0.29, 0.717) is 5.92 Å². The fourth-order valence-electron chi connectivity index (χ4n) is 2.46. The molecule has 96 valence electrons. The molecule has 0 aliphatic heterocycles. The molecule has 0 aromatic carbocycles. The quantitative estimate of drug-likeness (QED) is 0.677. The highest BCUT2D eigenvalue weighted by molar-refractivity contribution is 4.75. The van der Waals surface area contributed by atoms with Gasteiger partial charge in [-0.05, 0) is 37.5 Å². The first-order chi connectivity index (χ1) is 7.74. The zero-order valence-electron chi connectivity index (χ0n) is 11.0. The van der Waals surface area contributed by atoms with Crippen molar-refractivity contribution in [2.45, 2.75) is 64.9 Å². The van der Waals surface area contributed by atoms with Crippen molar-refractivity contribution in [1.82, 2.24) is 0 Å². The first kappa shape index (κ1) is 14.0. The lowest BCUT2D eigenvalue weighted by atomic mass is 9.79. The predicted molar refractivity (Wildman–Crippen MR) is 67.5 cm³/mol. The maximum absolute atomic E-state index is 10.0. The molecule has 0 radical (unpaired) electrons. The number of unbranched alkanes of at least 4 members (excludes halogenated alkanes) is 1. The van der Waals surface area contributed by atoms with Crippen molar-refractivity contribution in [2.75, 3.05) is 13.2 Å². The van der Waals surface area contributed by atoms with E-state index in [4.69, 9.17) is 4.74 Å². The molecular formula is C14H28O2. The summed E-state index contributed by atoms with van der Waals surface area (Å²) in [6, 6.07) is 0. The molecule has 1 saturated carbocycles. The lowest BCUT2D eigenvalue weighted by Crippen LogP contribution is -2.26. The van der Waals surface area contributed by atoms with Crippen LogP contribution >= 0.6 is 0 Å². The van der Waals surface area contributed by atoms with Gasteiger partial charge in [-0.1, -0.05) is 33.1 Å². The van der Waals surface area contributed by atoms with Gasteiger partial charge in [0.2, 0.25) is 0 Å². The molecule has 1 N–H and O–H groups in total. The fraction of sp³-hybridized carbons (Fsp3) is 1.00. The molecule has 2 nitrogen and oxygen atoms in total. The smallest absolute Gasteiger partial charge is 0.0590 e. The van der Waals surface area contributed by atoms with E-state index in [2.05, 4.69) is 13.8 Å². The van der Waals surface area contributed by atoms with Crippen LogP contribution in [0, 0.1) is 11.8 Å². The van der Waals surface area contributed by atoms with Crippen LogP contribution in [0.4, 0.5) is 0 Å². The second-order valence-corrected chi connectivity index (χ2v) is 5.34. The highest BCUT2D eigenvalue weighted by atomic mass is 16.5. The van der Waals surface area contributed by atoms with Crippen LogP contribution in [-0.2, 0) is 4.74 Å². The average molecular weight is 228 g/mol. The molecule has 1 rings (SSSR count). The molecule has 1 unspecified atom stereocenters. The predicted octanol–water partition coefficient (Wildman–Crippen LogP) is 3.38. The van der Waals surface area contributed by atoms with Gasteiger partial charge in [-0.15, -0.1) is 0 Å². The molecular weight excluding hydrogens is 200 g/mol. The lowest BCUT2D eigenvalue weighted by Gasteiger charge is -2.29. The zero-order valence-corrected chi connectivity index (χ0v) is 11.0. The van der Waals surface area contributed by atoms with Crippen LogP contribution in [0.15, 0.2) is 0 Å². The van der Waals surface area contributed by atoms with Gasteiger partial charge in [0.25, 0.3) is 0 Å². The number of rotatable bonds is 7. The maximum atomic E-state index is 10.0. The Kier molecular flexibility index (Phi) is 7.06. The summed E-state index contributed by atoms with van der Waals surface area (Å²) in [6.45, 7) is 6.07. The van der Waals surface area contributed by atoms with E-state index in [1.807, 2.05) is 0 Å². The molecule has 0 bridgehead atoms. The second kappa shape index (κ2) is 8.08. The van der Waals surface area contributed by atoms with Crippen molar-refractivity contribution in [3.8, 4) is 0 Å². The highest BCUT2D eigenvalue weighted by Gasteiger charge is 2.24. The molecule has 0 aromatic rings. The summed E-state index contributed by atoms with van der Waals surface area (Å²) in [7, 11) is 0. The van der Waals surface area contributed by atoms with Crippen molar-refractivity contribution >= 4 is 0 Å². The summed E-state index contributed by atoms with van der Waals surface area (Å²) in [4.78, 5) is 0. The third-order valence-corrected chi connectivity index (χ3v) is 3.80. The number of aliphatic hydroxyl groups excluding tert-OH is 1. The summed E-state index contributed by atoms with van der Waals surface area (Å²) in [5, 5.41) is 10.0. The summed E-state index contributed by atoms with van der Waals surface area (Å²) in [5.74, 6) is 1.40. The standard InChI is InChI=1S/C14H28O2/c1-3-4-10-16-11-9-14(15)13-7-5-12(2)6-8-13/h12-15H,3-11H2,1-2H3. The highest BCUT2D eigenvalue weighted by Crippen LogP contribution is 2.31. The maximum Gasteiger partial charge on any atom is 0.0590 e. The number of hydrogen-bond donors (Lipinski definition) is 1.